The molecule has 18 heavy (non-hydrogen) atoms. The van der Waals surface area contributed by atoms with Crippen molar-refractivity contribution in [2.75, 3.05) is 13.2 Å². The summed E-state index contributed by atoms with van der Waals surface area (Å²) >= 11 is 0. The fourth-order valence-electron chi connectivity index (χ4n) is 2.31. The average molecular weight is 248 g/mol. The van der Waals surface area contributed by atoms with Crippen LogP contribution >= 0.6 is 0 Å². The van der Waals surface area contributed by atoms with Crippen LogP contribution in [0.15, 0.2) is 24.3 Å². The summed E-state index contributed by atoms with van der Waals surface area (Å²) in [5.41, 5.74) is 8.15. The highest BCUT2D eigenvalue weighted by atomic mass is 16.5. The molecule has 1 heterocycles. The molecule has 0 spiro atoms. The van der Waals surface area contributed by atoms with Crippen molar-refractivity contribution < 1.29 is 9.53 Å². The van der Waals surface area contributed by atoms with Gasteiger partial charge in [-0.05, 0) is 25.0 Å². The quantitative estimate of drug-likeness (QED) is 0.843. The molecule has 2 rings (SSSR count). The predicted molar refractivity (Wildman–Crippen MR) is 70.0 cm³/mol. The molecule has 1 aliphatic rings. The van der Waals surface area contributed by atoms with Crippen LogP contribution in [0.25, 0.3) is 0 Å². The highest BCUT2D eigenvalue weighted by Gasteiger charge is 2.32. The van der Waals surface area contributed by atoms with Gasteiger partial charge >= 0.3 is 0 Å². The second-order valence-corrected chi connectivity index (χ2v) is 4.89. The van der Waals surface area contributed by atoms with E-state index in [1.54, 1.807) is 0 Å². The van der Waals surface area contributed by atoms with E-state index < -0.39 is 0 Å². The Balaban J connectivity index is 2.01. The zero-order valence-electron chi connectivity index (χ0n) is 10.8. The Morgan fingerprint density at radius 2 is 2.17 bits per heavy atom. The van der Waals surface area contributed by atoms with Gasteiger partial charge in [-0.3, -0.25) is 4.79 Å². The minimum absolute atomic E-state index is 0.00787. The molecule has 0 radical (unpaired) electrons. The first-order chi connectivity index (χ1) is 8.59. The average Bonchev–Trinajstić information content (AvgIpc) is 2.76. The van der Waals surface area contributed by atoms with E-state index in [1.165, 1.54) is 5.56 Å². The molecule has 1 saturated heterocycles. The number of rotatable bonds is 3. The first-order valence-corrected chi connectivity index (χ1v) is 6.29. The Kier molecular flexibility index (Phi) is 3.99. The molecule has 3 atom stereocenters. The molecule has 1 aromatic carbocycles. The number of benzene rings is 1. The van der Waals surface area contributed by atoms with E-state index in [4.69, 9.17) is 10.5 Å². The van der Waals surface area contributed by atoms with Crippen molar-refractivity contribution >= 4 is 5.91 Å². The van der Waals surface area contributed by atoms with E-state index in [9.17, 15) is 4.79 Å². The van der Waals surface area contributed by atoms with E-state index in [2.05, 4.69) is 5.32 Å². The van der Waals surface area contributed by atoms with Crippen LogP contribution in [0.1, 0.15) is 24.1 Å². The molecule has 3 N–H and O–H groups in total. The van der Waals surface area contributed by atoms with Crippen LogP contribution in [-0.2, 0) is 9.53 Å². The number of nitrogens with two attached hydrogens (primary N) is 1. The van der Waals surface area contributed by atoms with E-state index in [0.29, 0.717) is 13.2 Å². The van der Waals surface area contributed by atoms with Gasteiger partial charge < -0.3 is 15.8 Å². The molecular weight excluding hydrogens is 228 g/mol. The van der Waals surface area contributed by atoms with Gasteiger partial charge in [-0.15, -0.1) is 0 Å². The summed E-state index contributed by atoms with van der Waals surface area (Å²) in [7, 11) is 0. The zero-order chi connectivity index (χ0) is 13.1. The molecule has 0 aromatic heterocycles. The van der Waals surface area contributed by atoms with Crippen molar-refractivity contribution in [2.45, 2.75) is 25.9 Å². The van der Waals surface area contributed by atoms with Gasteiger partial charge in [0.05, 0.1) is 25.2 Å². The van der Waals surface area contributed by atoms with Crippen LogP contribution in [0.5, 0.6) is 0 Å². The van der Waals surface area contributed by atoms with Crippen molar-refractivity contribution in [3.8, 4) is 0 Å². The molecule has 2 unspecified atom stereocenters. The maximum absolute atomic E-state index is 12.1. The minimum atomic E-state index is -0.225. The fourth-order valence-corrected chi connectivity index (χ4v) is 2.31. The van der Waals surface area contributed by atoms with Gasteiger partial charge in [0.2, 0.25) is 5.91 Å². The Bertz CT molecular complexity index is 434. The lowest BCUT2D eigenvalue weighted by molar-refractivity contribution is -0.125. The van der Waals surface area contributed by atoms with Gasteiger partial charge in [0, 0.05) is 6.04 Å². The summed E-state index contributed by atoms with van der Waals surface area (Å²) in [6.45, 7) is 4.92. The van der Waals surface area contributed by atoms with E-state index in [-0.39, 0.29) is 23.9 Å². The van der Waals surface area contributed by atoms with Gasteiger partial charge in [-0.2, -0.15) is 0 Å². The number of hydrogen-bond acceptors (Lipinski definition) is 3. The van der Waals surface area contributed by atoms with E-state index >= 15 is 0 Å². The molecular formula is C14H20N2O2. The van der Waals surface area contributed by atoms with Crippen LogP contribution < -0.4 is 11.1 Å². The molecule has 0 aliphatic carbocycles. The third kappa shape index (κ3) is 2.71. The van der Waals surface area contributed by atoms with Crippen LogP contribution in [0.2, 0.25) is 0 Å². The smallest absolute Gasteiger partial charge is 0.227 e. The largest absolute Gasteiger partial charge is 0.379 e. The molecule has 1 aliphatic heterocycles. The monoisotopic (exact) mass is 248 g/mol. The van der Waals surface area contributed by atoms with Crippen LogP contribution in [0, 0.1) is 12.8 Å². The molecule has 1 amide bonds. The third-order valence-corrected chi connectivity index (χ3v) is 3.48. The Labute approximate surface area is 108 Å². The summed E-state index contributed by atoms with van der Waals surface area (Å²) in [5.74, 6) is -0.243. The van der Waals surface area contributed by atoms with E-state index in [1.807, 2.05) is 38.1 Å². The zero-order valence-corrected chi connectivity index (χ0v) is 10.8. The maximum atomic E-state index is 12.1. The molecule has 1 aromatic rings. The van der Waals surface area contributed by atoms with Gasteiger partial charge in [0.15, 0.2) is 0 Å². The van der Waals surface area contributed by atoms with Crippen LogP contribution in [0.3, 0.4) is 0 Å². The topological polar surface area (TPSA) is 64.3 Å². The lowest BCUT2D eigenvalue weighted by Crippen LogP contribution is -2.41. The summed E-state index contributed by atoms with van der Waals surface area (Å²) < 4.78 is 5.22. The summed E-state index contributed by atoms with van der Waals surface area (Å²) in [4.78, 5) is 12.1. The molecule has 0 saturated carbocycles. The SMILES string of the molecule is Cc1ccccc1[C@@H](C)NC(=O)C1COCC1N. The van der Waals surface area contributed by atoms with Crippen molar-refractivity contribution in [3.63, 3.8) is 0 Å². The number of hydrogen-bond donors (Lipinski definition) is 2. The number of carbonyl (C=O) groups is 1. The van der Waals surface area contributed by atoms with Crippen LogP contribution in [0.4, 0.5) is 0 Å². The predicted octanol–water partition coefficient (Wildman–Crippen LogP) is 1.15. The standard InChI is InChI=1S/C14H20N2O2/c1-9-5-3-4-6-11(9)10(2)16-14(17)12-7-18-8-13(12)15/h3-6,10,12-13H,7-8,15H2,1-2H3,(H,16,17)/t10-,12?,13?/m1/s1. The van der Waals surface area contributed by atoms with Gasteiger partial charge in [-0.1, -0.05) is 24.3 Å². The van der Waals surface area contributed by atoms with Gasteiger partial charge in [0.1, 0.15) is 0 Å². The second kappa shape index (κ2) is 5.50. The number of amides is 1. The second-order valence-electron chi connectivity index (χ2n) is 4.89. The highest BCUT2D eigenvalue weighted by molar-refractivity contribution is 5.80. The molecule has 0 bridgehead atoms. The molecule has 98 valence electrons. The van der Waals surface area contributed by atoms with Gasteiger partial charge in [0.25, 0.3) is 0 Å². The highest BCUT2D eigenvalue weighted by Crippen LogP contribution is 2.19. The first-order valence-electron chi connectivity index (χ1n) is 6.29. The number of nitrogens with one attached hydrogen (secondary N) is 1. The number of ether oxygens (including phenoxy) is 1. The van der Waals surface area contributed by atoms with Crippen molar-refractivity contribution in [1.29, 1.82) is 0 Å². The lowest BCUT2D eigenvalue weighted by atomic mass is 10.00. The fraction of sp³-hybridized carbons (Fsp3) is 0.500. The summed E-state index contributed by atoms with van der Waals surface area (Å²) in [6, 6.07) is 7.86. The normalized spacial score (nSPS) is 24.8. The lowest BCUT2D eigenvalue weighted by Gasteiger charge is -2.20. The van der Waals surface area contributed by atoms with Crippen molar-refractivity contribution in [1.82, 2.24) is 5.32 Å². The first kappa shape index (κ1) is 13.1. The molecule has 4 heteroatoms. The maximum Gasteiger partial charge on any atom is 0.227 e. The summed E-state index contributed by atoms with van der Waals surface area (Å²) in [5, 5.41) is 3.01. The Morgan fingerprint density at radius 1 is 1.44 bits per heavy atom. The minimum Gasteiger partial charge on any atom is -0.379 e. The molecule has 4 nitrogen and oxygen atoms in total. The van der Waals surface area contributed by atoms with E-state index in [0.717, 1.165) is 5.56 Å². The van der Waals surface area contributed by atoms with Gasteiger partial charge in [-0.25, -0.2) is 0 Å². The van der Waals surface area contributed by atoms with Crippen molar-refractivity contribution in [2.24, 2.45) is 11.7 Å². The number of aryl methyl sites for hydroxylation is 1. The van der Waals surface area contributed by atoms with Crippen molar-refractivity contribution in [3.05, 3.63) is 35.4 Å². The molecule has 1 fully saturated rings. The Morgan fingerprint density at radius 3 is 2.78 bits per heavy atom. The Hall–Kier alpha value is -1.39. The number of carbonyl (C=O) groups excluding carboxylic acids is 1. The summed E-state index contributed by atoms with van der Waals surface area (Å²) in [6.07, 6.45) is 0. The van der Waals surface area contributed by atoms with Crippen LogP contribution in [-0.4, -0.2) is 25.2 Å². The third-order valence-electron chi connectivity index (χ3n) is 3.48.